The van der Waals surface area contributed by atoms with Gasteiger partial charge in [0.05, 0.1) is 30.8 Å². The van der Waals surface area contributed by atoms with Crippen LogP contribution in [-0.2, 0) is 31.5 Å². The molecule has 0 bridgehead atoms. The second-order valence-corrected chi connectivity index (χ2v) is 10.7. The number of anilines is 1. The SMILES string of the molecule is CCOC(=O)c1c(NC(=O)CCCNC(=O)c2ccc(OC)cc2)sc2c1CCS(=O)(=O)C2. The highest BCUT2D eigenvalue weighted by Gasteiger charge is 2.31. The molecule has 2 amide bonds. The molecule has 1 aliphatic rings. The zero-order valence-electron chi connectivity index (χ0n) is 18.4. The number of sulfone groups is 1. The Balaban J connectivity index is 1.57. The van der Waals surface area contributed by atoms with Crippen LogP contribution in [0.2, 0.25) is 0 Å². The molecule has 0 radical (unpaired) electrons. The average Bonchev–Trinajstić information content (AvgIpc) is 3.12. The van der Waals surface area contributed by atoms with E-state index in [4.69, 9.17) is 9.47 Å². The highest BCUT2D eigenvalue weighted by Crippen LogP contribution is 2.38. The van der Waals surface area contributed by atoms with Crippen LogP contribution in [0.1, 0.15) is 50.9 Å². The van der Waals surface area contributed by atoms with Crippen molar-refractivity contribution in [2.45, 2.75) is 31.9 Å². The molecule has 2 N–H and O–H groups in total. The summed E-state index contributed by atoms with van der Waals surface area (Å²) < 4.78 is 34.1. The summed E-state index contributed by atoms with van der Waals surface area (Å²) in [4.78, 5) is 37.7. The Morgan fingerprint density at radius 1 is 1.15 bits per heavy atom. The van der Waals surface area contributed by atoms with Gasteiger partial charge in [-0.1, -0.05) is 0 Å². The lowest BCUT2D eigenvalue weighted by Gasteiger charge is -2.13. The van der Waals surface area contributed by atoms with E-state index in [0.717, 1.165) is 11.3 Å². The molecule has 0 saturated carbocycles. The number of ether oxygens (including phenoxy) is 2. The van der Waals surface area contributed by atoms with E-state index in [1.165, 1.54) is 0 Å². The molecule has 178 valence electrons. The minimum atomic E-state index is -3.22. The van der Waals surface area contributed by atoms with E-state index in [0.29, 0.717) is 39.7 Å². The molecule has 0 aliphatic carbocycles. The fourth-order valence-electron chi connectivity index (χ4n) is 3.41. The number of thiophene rings is 1. The van der Waals surface area contributed by atoms with Gasteiger partial charge in [-0.2, -0.15) is 0 Å². The first-order chi connectivity index (χ1) is 15.7. The number of hydrogen-bond acceptors (Lipinski definition) is 8. The Morgan fingerprint density at radius 2 is 1.88 bits per heavy atom. The molecule has 1 aromatic carbocycles. The van der Waals surface area contributed by atoms with Crippen LogP contribution >= 0.6 is 11.3 Å². The molecular formula is C22H26N2O7S2. The van der Waals surface area contributed by atoms with E-state index < -0.39 is 15.8 Å². The summed E-state index contributed by atoms with van der Waals surface area (Å²) in [7, 11) is -1.68. The van der Waals surface area contributed by atoms with Gasteiger partial charge in [-0.15, -0.1) is 11.3 Å². The molecule has 0 fully saturated rings. The first-order valence-corrected chi connectivity index (χ1v) is 13.1. The van der Waals surface area contributed by atoms with Gasteiger partial charge in [0.1, 0.15) is 10.8 Å². The molecule has 9 nitrogen and oxygen atoms in total. The number of nitrogens with one attached hydrogen (secondary N) is 2. The van der Waals surface area contributed by atoms with Crippen molar-refractivity contribution in [3.8, 4) is 5.75 Å². The van der Waals surface area contributed by atoms with Crippen molar-refractivity contribution < 1.29 is 32.3 Å². The van der Waals surface area contributed by atoms with Gasteiger partial charge in [0, 0.05) is 23.4 Å². The van der Waals surface area contributed by atoms with E-state index in [2.05, 4.69) is 10.6 Å². The van der Waals surface area contributed by atoms with Gasteiger partial charge in [-0.05, 0) is 49.6 Å². The van der Waals surface area contributed by atoms with Crippen LogP contribution in [0, 0.1) is 0 Å². The summed E-state index contributed by atoms with van der Waals surface area (Å²) in [5.41, 5.74) is 1.36. The summed E-state index contributed by atoms with van der Waals surface area (Å²) >= 11 is 1.10. The number of benzene rings is 1. The molecular weight excluding hydrogens is 468 g/mol. The zero-order valence-corrected chi connectivity index (χ0v) is 20.1. The molecule has 0 unspecified atom stereocenters. The van der Waals surface area contributed by atoms with Gasteiger partial charge in [0.15, 0.2) is 9.84 Å². The van der Waals surface area contributed by atoms with Crippen molar-refractivity contribution in [3.63, 3.8) is 0 Å². The maximum atomic E-state index is 12.5. The van der Waals surface area contributed by atoms with Crippen LogP contribution in [0.15, 0.2) is 24.3 Å². The summed E-state index contributed by atoms with van der Waals surface area (Å²) in [6.45, 7) is 2.14. The molecule has 2 aromatic rings. The van der Waals surface area contributed by atoms with Crippen molar-refractivity contribution in [2.24, 2.45) is 0 Å². The van der Waals surface area contributed by atoms with Gasteiger partial charge >= 0.3 is 5.97 Å². The van der Waals surface area contributed by atoms with Gasteiger partial charge < -0.3 is 20.1 Å². The van der Waals surface area contributed by atoms with Gasteiger partial charge in [-0.25, -0.2) is 13.2 Å². The number of amides is 2. The molecule has 1 aliphatic heterocycles. The fourth-order valence-corrected chi connectivity index (χ4v) is 6.47. The average molecular weight is 495 g/mol. The van der Waals surface area contributed by atoms with Crippen LogP contribution in [0.5, 0.6) is 5.75 Å². The largest absolute Gasteiger partial charge is 0.497 e. The zero-order chi connectivity index (χ0) is 24.0. The second-order valence-electron chi connectivity index (χ2n) is 7.41. The van der Waals surface area contributed by atoms with Crippen molar-refractivity contribution in [3.05, 3.63) is 45.8 Å². The first kappa shape index (κ1) is 24.7. The van der Waals surface area contributed by atoms with Gasteiger partial charge in [-0.3, -0.25) is 9.59 Å². The molecule has 2 heterocycles. The Bertz CT molecular complexity index is 1140. The molecule has 3 rings (SSSR count). The third kappa shape index (κ3) is 6.32. The van der Waals surface area contributed by atoms with Crippen LogP contribution < -0.4 is 15.4 Å². The van der Waals surface area contributed by atoms with E-state index in [-0.39, 0.29) is 48.3 Å². The summed E-state index contributed by atoms with van der Waals surface area (Å²) in [5, 5.41) is 5.79. The number of esters is 1. The number of methoxy groups -OCH3 is 1. The van der Waals surface area contributed by atoms with Crippen LogP contribution in [-0.4, -0.2) is 52.2 Å². The Kier molecular flexibility index (Phi) is 8.09. The smallest absolute Gasteiger partial charge is 0.341 e. The molecule has 0 saturated heterocycles. The van der Waals surface area contributed by atoms with E-state index in [1.807, 2.05) is 0 Å². The topological polar surface area (TPSA) is 128 Å². The number of fused-ring (bicyclic) bond motifs is 1. The third-order valence-electron chi connectivity index (χ3n) is 5.06. The minimum absolute atomic E-state index is 0.0373. The minimum Gasteiger partial charge on any atom is -0.497 e. The summed E-state index contributed by atoms with van der Waals surface area (Å²) in [5.74, 6) is -0.693. The third-order valence-corrected chi connectivity index (χ3v) is 7.94. The first-order valence-electron chi connectivity index (χ1n) is 10.5. The van der Waals surface area contributed by atoms with Gasteiger partial charge in [0.25, 0.3) is 5.91 Å². The fraction of sp³-hybridized carbons (Fsp3) is 0.409. The quantitative estimate of drug-likeness (QED) is 0.405. The second kappa shape index (κ2) is 10.8. The summed E-state index contributed by atoms with van der Waals surface area (Å²) in [6, 6.07) is 6.68. The van der Waals surface area contributed by atoms with Gasteiger partial charge in [0.2, 0.25) is 5.91 Å². The predicted octanol–water partition coefficient (Wildman–Crippen LogP) is 2.55. The van der Waals surface area contributed by atoms with Crippen molar-refractivity contribution in [1.82, 2.24) is 5.32 Å². The normalized spacial score (nSPS) is 14.1. The monoisotopic (exact) mass is 494 g/mol. The lowest BCUT2D eigenvalue weighted by Crippen LogP contribution is -2.25. The maximum Gasteiger partial charge on any atom is 0.341 e. The number of hydrogen-bond donors (Lipinski definition) is 2. The lowest BCUT2D eigenvalue weighted by molar-refractivity contribution is -0.116. The van der Waals surface area contributed by atoms with Crippen molar-refractivity contribution >= 4 is 44.0 Å². The number of carbonyl (C=O) groups is 3. The van der Waals surface area contributed by atoms with E-state index in [9.17, 15) is 22.8 Å². The molecule has 1 aromatic heterocycles. The number of carbonyl (C=O) groups excluding carboxylic acids is 3. The van der Waals surface area contributed by atoms with Crippen LogP contribution in [0.4, 0.5) is 5.00 Å². The molecule has 0 atom stereocenters. The van der Waals surface area contributed by atoms with E-state index in [1.54, 1.807) is 38.3 Å². The van der Waals surface area contributed by atoms with E-state index >= 15 is 0 Å². The van der Waals surface area contributed by atoms with Crippen LogP contribution in [0.3, 0.4) is 0 Å². The Labute approximate surface area is 196 Å². The van der Waals surface area contributed by atoms with Crippen molar-refractivity contribution in [2.75, 3.05) is 31.3 Å². The Hall–Kier alpha value is -2.92. The maximum absolute atomic E-state index is 12.5. The highest BCUT2D eigenvalue weighted by molar-refractivity contribution is 7.90. The molecule has 33 heavy (non-hydrogen) atoms. The van der Waals surface area contributed by atoms with Crippen LogP contribution in [0.25, 0.3) is 0 Å². The predicted molar refractivity (Wildman–Crippen MR) is 125 cm³/mol. The van der Waals surface area contributed by atoms with Crippen molar-refractivity contribution in [1.29, 1.82) is 0 Å². The molecule has 11 heteroatoms. The number of rotatable bonds is 9. The Morgan fingerprint density at radius 3 is 2.55 bits per heavy atom. The standard InChI is InChI=1S/C22H26N2O7S2/c1-3-31-22(27)19-16-10-12-33(28,29)13-17(16)32-21(19)24-18(25)5-4-11-23-20(26)14-6-8-15(30-2)9-7-14/h6-9H,3-5,10-13H2,1-2H3,(H,23,26)(H,24,25). The summed E-state index contributed by atoms with van der Waals surface area (Å²) in [6.07, 6.45) is 0.726. The highest BCUT2D eigenvalue weighted by atomic mass is 32.2. The molecule has 0 spiro atoms. The lowest BCUT2D eigenvalue weighted by atomic mass is 10.1.